The van der Waals surface area contributed by atoms with Gasteiger partial charge in [0.2, 0.25) is 0 Å². The highest BCUT2D eigenvalue weighted by Gasteiger charge is 2.50. The number of carbonyl (C=O) groups is 2. The highest BCUT2D eigenvalue weighted by molar-refractivity contribution is 6.07. The lowest BCUT2D eigenvalue weighted by atomic mass is 9.91. The van der Waals surface area contributed by atoms with Crippen LogP contribution in [0.4, 0.5) is 10.1 Å². The number of para-hydroxylation sites is 1. The molecule has 0 saturated carbocycles. The summed E-state index contributed by atoms with van der Waals surface area (Å²) in [5.74, 6) is -0.320. The van der Waals surface area contributed by atoms with Gasteiger partial charge in [-0.15, -0.1) is 0 Å². The largest absolute Gasteiger partial charge is 0.480 e. The first-order chi connectivity index (χ1) is 16.8. The Balaban J connectivity index is 1.44. The van der Waals surface area contributed by atoms with Crippen LogP contribution in [0.2, 0.25) is 0 Å². The van der Waals surface area contributed by atoms with Crippen LogP contribution >= 0.6 is 0 Å². The average Bonchev–Trinajstić information content (AvgIpc) is 2.96. The Morgan fingerprint density at radius 2 is 1.83 bits per heavy atom. The van der Waals surface area contributed by atoms with E-state index >= 15 is 0 Å². The van der Waals surface area contributed by atoms with Gasteiger partial charge in [0.05, 0.1) is 17.8 Å². The second-order valence-corrected chi connectivity index (χ2v) is 9.42. The minimum absolute atomic E-state index is 0.0374. The summed E-state index contributed by atoms with van der Waals surface area (Å²) < 4.78 is 20.8. The summed E-state index contributed by atoms with van der Waals surface area (Å²) in [4.78, 5) is 34.2. The van der Waals surface area contributed by atoms with Gasteiger partial charge in [-0.05, 0) is 44.2 Å². The van der Waals surface area contributed by atoms with Crippen molar-refractivity contribution in [3.8, 4) is 5.75 Å². The molecule has 0 unspecified atom stereocenters. The summed E-state index contributed by atoms with van der Waals surface area (Å²) >= 11 is 0. The van der Waals surface area contributed by atoms with E-state index in [0.717, 1.165) is 0 Å². The molecule has 180 valence electrons. The number of anilines is 1. The van der Waals surface area contributed by atoms with Crippen molar-refractivity contribution in [3.63, 3.8) is 0 Å². The number of hydrogen-bond donors (Lipinski definition) is 1. The van der Waals surface area contributed by atoms with Crippen LogP contribution in [-0.2, 0) is 6.54 Å². The molecule has 1 N–H and O–H groups in total. The first-order valence-electron chi connectivity index (χ1n) is 11.7. The minimum Gasteiger partial charge on any atom is -0.480 e. The van der Waals surface area contributed by atoms with Gasteiger partial charge in [0.1, 0.15) is 5.82 Å². The quantitative estimate of drug-likeness (QED) is 0.606. The van der Waals surface area contributed by atoms with E-state index in [9.17, 15) is 14.0 Å². The molecule has 2 aliphatic rings. The molecule has 35 heavy (non-hydrogen) atoms. The summed E-state index contributed by atoms with van der Waals surface area (Å²) in [6.45, 7) is 5.88. The standard InChI is InChI=1S/C27H27FN4O3/c1-18(2)32-17-27(15-31(16-27)14-20-6-3-4-8-22(20)28)35-24-21(26(32)34)7-5-9-23(24)30-25(33)19-10-12-29-13-11-19/h3-13,18H,14-17H2,1-2H3,(H,30,33). The molecule has 0 aliphatic carbocycles. The number of likely N-dealkylation sites (tertiary alicyclic amines) is 1. The summed E-state index contributed by atoms with van der Waals surface area (Å²) in [6, 6.07) is 15.1. The molecule has 1 aromatic heterocycles. The van der Waals surface area contributed by atoms with Crippen molar-refractivity contribution in [3.05, 3.63) is 89.5 Å². The number of carbonyl (C=O) groups excluding carboxylic acids is 2. The maximum Gasteiger partial charge on any atom is 0.258 e. The molecule has 2 aliphatic heterocycles. The summed E-state index contributed by atoms with van der Waals surface area (Å²) in [5.41, 5.74) is 1.27. The molecule has 1 saturated heterocycles. The molecule has 3 aromatic rings. The molecule has 5 rings (SSSR count). The van der Waals surface area contributed by atoms with Crippen molar-refractivity contribution in [1.29, 1.82) is 0 Å². The van der Waals surface area contributed by atoms with Gasteiger partial charge in [0.15, 0.2) is 11.4 Å². The Labute approximate surface area is 203 Å². The highest BCUT2D eigenvalue weighted by Crippen LogP contribution is 2.40. The molecular formula is C27H27FN4O3. The number of aromatic nitrogens is 1. The van der Waals surface area contributed by atoms with Crippen LogP contribution in [-0.4, -0.2) is 57.9 Å². The predicted molar refractivity (Wildman–Crippen MR) is 130 cm³/mol. The lowest BCUT2D eigenvalue weighted by Crippen LogP contribution is -2.69. The molecule has 3 heterocycles. The highest BCUT2D eigenvalue weighted by atomic mass is 19.1. The van der Waals surface area contributed by atoms with E-state index in [1.807, 2.05) is 19.9 Å². The second kappa shape index (κ2) is 9.11. The Hall–Kier alpha value is -3.78. The predicted octanol–water partition coefficient (Wildman–Crippen LogP) is 3.97. The number of fused-ring (bicyclic) bond motifs is 1. The van der Waals surface area contributed by atoms with E-state index in [1.54, 1.807) is 59.8 Å². The van der Waals surface area contributed by atoms with E-state index in [-0.39, 0.29) is 23.7 Å². The van der Waals surface area contributed by atoms with Crippen molar-refractivity contribution in [2.24, 2.45) is 0 Å². The monoisotopic (exact) mass is 474 g/mol. The number of amides is 2. The van der Waals surface area contributed by atoms with Gasteiger partial charge in [-0.3, -0.25) is 19.5 Å². The zero-order valence-corrected chi connectivity index (χ0v) is 19.7. The Kier molecular flexibility index (Phi) is 5.98. The number of rotatable bonds is 5. The van der Waals surface area contributed by atoms with Gasteiger partial charge in [-0.25, -0.2) is 4.39 Å². The van der Waals surface area contributed by atoms with Crippen LogP contribution in [0.3, 0.4) is 0 Å². The molecule has 1 spiro atoms. The van der Waals surface area contributed by atoms with Crippen LogP contribution in [0.1, 0.15) is 40.1 Å². The average molecular weight is 475 g/mol. The Morgan fingerprint density at radius 3 is 2.54 bits per heavy atom. The summed E-state index contributed by atoms with van der Waals surface area (Å²) in [7, 11) is 0. The number of hydrogen-bond acceptors (Lipinski definition) is 5. The topological polar surface area (TPSA) is 74.8 Å². The fourth-order valence-corrected chi connectivity index (χ4v) is 4.73. The number of pyridine rings is 1. The smallest absolute Gasteiger partial charge is 0.258 e. The normalized spacial score (nSPS) is 16.9. The van der Waals surface area contributed by atoms with Gasteiger partial charge >= 0.3 is 0 Å². The van der Waals surface area contributed by atoms with Crippen LogP contribution in [0.25, 0.3) is 0 Å². The van der Waals surface area contributed by atoms with E-state index < -0.39 is 5.60 Å². The number of ether oxygens (including phenoxy) is 1. The fraction of sp³-hybridized carbons (Fsp3) is 0.296. The molecule has 0 atom stereocenters. The number of benzene rings is 2. The molecule has 0 bridgehead atoms. The molecule has 7 nitrogen and oxygen atoms in total. The number of halogens is 1. The SMILES string of the molecule is CC(C)N1CC2(CN(Cc3ccccc3F)C2)Oc2c(NC(=O)c3ccncc3)cccc2C1=O. The van der Waals surface area contributed by atoms with E-state index in [0.29, 0.717) is 54.3 Å². The van der Waals surface area contributed by atoms with Crippen LogP contribution in [0.5, 0.6) is 5.75 Å². The van der Waals surface area contributed by atoms with Gasteiger partial charge in [0.25, 0.3) is 11.8 Å². The summed E-state index contributed by atoms with van der Waals surface area (Å²) in [6.07, 6.45) is 3.10. The molecule has 1 fully saturated rings. The maximum absolute atomic E-state index is 14.2. The first-order valence-corrected chi connectivity index (χ1v) is 11.7. The van der Waals surface area contributed by atoms with E-state index in [4.69, 9.17) is 4.74 Å². The molecule has 8 heteroatoms. The molecule has 0 radical (unpaired) electrons. The third-order valence-electron chi connectivity index (χ3n) is 6.47. The van der Waals surface area contributed by atoms with Crippen molar-refractivity contribution in [2.75, 3.05) is 25.0 Å². The Morgan fingerprint density at radius 1 is 1.09 bits per heavy atom. The third-order valence-corrected chi connectivity index (χ3v) is 6.47. The molecule has 2 amide bonds. The van der Waals surface area contributed by atoms with Crippen LogP contribution in [0, 0.1) is 5.82 Å². The Bertz CT molecular complexity index is 1260. The van der Waals surface area contributed by atoms with Crippen molar-refractivity contribution < 1.29 is 18.7 Å². The fourth-order valence-electron chi connectivity index (χ4n) is 4.73. The van der Waals surface area contributed by atoms with Crippen molar-refractivity contribution in [1.82, 2.24) is 14.8 Å². The number of nitrogens with zero attached hydrogens (tertiary/aromatic N) is 3. The molecule has 2 aromatic carbocycles. The minimum atomic E-state index is -0.659. The molecular weight excluding hydrogens is 447 g/mol. The van der Waals surface area contributed by atoms with E-state index in [1.165, 1.54) is 6.07 Å². The van der Waals surface area contributed by atoms with Gasteiger partial charge < -0.3 is 15.0 Å². The van der Waals surface area contributed by atoms with Gasteiger partial charge in [-0.1, -0.05) is 24.3 Å². The van der Waals surface area contributed by atoms with Crippen LogP contribution in [0.15, 0.2) is 67.0 Å². The first kappa shape index (κ1) is 23.0. The van der Waals surface area contributed by atoms with Crippen LogP contribution < -0.4 is 10.1 Å². The van der Waals surface area contributed by atoms with Gasteiger partial charge in [0, 0.05) is 49.2 Å². The summed E-state index contributed by atoms with van der Waals surface area (Å²) in [5, 5.41) is 2.90. The second-order valence-electron chi connectivity index (χ2n) is 9.42. The lowest BCUT2D eigenvalue weighted by Gasteiger charge is -2.50. The zero-order chi connectivity index (χ0) is 24.6. The lowest BCUT2D eigenvalue weighted by molar-refractivity contribution is -0.0927. The van der Waals surface area contributed by atoms with E-state index in [2.05, 4.69) is 15.2 Å². The number of nitrogens with one attached hydrogen (secondary N) is 1. The van der Waals surface area contributed by atoms with Crippen molar-refractivity contribution >= 4 is 17.5 Å². The third kappa shape index (κ3) is 4.49. The van der Waals surface area contributed by atoms with Gasteiger partial charge in [-0.2, -0.15) is 0 Å². The zero-order valence-electron chi connectivity index (χ0n) is 19.7. The van der Waals surface area contributed by atoms with Crippen molar-refractivity contribution in [2.45, 2.75) is 32.0 Å². The maximum atomic E-state index is 14.2.